The van der Waals surface area contributed by atoms with Crippen LogP contribution in [-0.4, -0.2) is 45.7 Å². The van der Waals surface area contributed by atoms with Gasteiger partial charge in [-0.2, -0.15) is 0 Å². The fourth-order valence-corrected chi connectivity index (χ4v) is 0.976. The molecule has 0 aromatic heterocycles. The largest absolute Gasteiger partial charge is 0.455 e. The number of hydrogen-bond donors (Lipinski definition) is 3. The maximum absolute atomic E-state index is 10.6. The Hall–Kier alpha value is -0.650. The van der Waals surface area contributed by atoms with Crippen LogP contribution in [0.4, 0.5) is 0 Å². The molecular formula is C6H10O5. The van der Waals surface area contributed by atoms with Gasteiger partial charge in [0.1, 0.15) is 6.10 Å². The summed E-state index contributed by atoms with van der Waals surface area (Å²) in [6.07, 6.45) is -4.80. The monoisotopic (exact) mass is 162 g/mol. The lowest BCUT2D eigenvalue weighted by Crippen LogP contribution is -2.37. The summed E-state index contributed by atoms with van der Waals surface area (Å²) in [4.78, 5) is 10.6. The number of carbonyl (C=O) groups is 1. The Morgan fingerprint density at radius 2 is 2.09 bits per heavy atom. The van der Waals surface area contributed by atoms with Crippen molar-refractivity contribution in [3.8, 4) is 0 Å². The summed E-state index contributed by atoms with van der Waals surface area (Å²) >= 11 is 0. The van der Waals surface area contributed by atoms with Crippen molar-refractivity contribution in [1.82, 2.24) is 0 Å². The molecule has 1 fully saturated rings. The fourth-order valence-electron chi connectivity index (χ4n) is 0.976. The average molecular weight is 162 g/mol. The van der Waals surface area contributed by atoms with E-state index in [9.17, 15) is 4.79 Å². The lowest BCUT2D eigenvalue weighted by molar-refractivity contribution is -0.150. The van der Waals surface area contributed by atoms with E-state index >= 15 is 0 Å². The van der Waals surface area contributed by atoms with E-state index in [0.717, 1.165) is 0 Å². The second-order valence-electron chi connectivity index (χ2n) is 2.58. The second-order valence-corrected chi connectivity index (χ2v) is 2.58. The Balaban J connectivity index is 2.67. The molecule has 0 saturated carbocycles. The van der Waals surface area contributed by atoms with Gasteiger partial charge in [0.2, 0.25) is 0 Å². The van der Waals surface area contributed by atoms with Crippen LogP contribution in [0, 0.1) is 0 Å². The Morgan fingerprint density at radius 1 is 1.55 bits per heavy atom. The van der Waals surface area contributed by atoms with Gasteiger partial charge in [0, 0.05) is 0 Å². The van der Waals surface area contributed by atoms with E-state index in [2.05, 4.69) is 4.74 Å². The molecule has 5 heteroatoms. The standard InChI is InChI=1S/C6H10O5/c1-2(7)5-3(8)4(9)6(10)11-5/h2-5,7-9H,1H3/t2-,3-,4+,5-/m1/s1. The van der Waals surface area contributed by atoms with Crippen molar-refractivity contribution in [2.75, 3.05) is 0 Å². The number of hydrogen-bond acceptors (Lipinski definition) is 5. The molecule has 5 nitrogen and oxygen atoms in total. The van der Waals surface area contributed by atoms with Gasteiger partial charge in [0.25, 0.3) is 0 Å². The van der Waals surface area contributed by atoms with Crippen molar-refractivity contribution in [1.29, 1.82) is 0 Å². The number of esters is 1. The van der Waals surface area contributed by atoms with E-state index in [1.165, 1.54) is 6.92 Å². The average Bonchev–Trinajstić information content (AvgIpc) is 2.17. The van der Waals surface area contributed by atoms with Crippen molar-refractivity contribution in [2.24, 2.45) is 0 Å². The highest BCUT2D eigenvalue weighted by Crippen LogP contribution is 2.18. The van der Waals surface area contributed by atoms with Crippen LogP contribution in [0.5, 0.6) is 0 Å². The lowest BCUT2D eigenvalue weighted by Gasteiger charge is -2.15. The Morgan fingerprint density at radius 3 is 2.27 bits per heavy atom. The molecule has 1 aliphatic heterocycles. The van der Waals surface area contributed by atoms with E-state index in [4.69, 9.17) is 15.3 Å². The van der Waals surface area contributed by atoms with E-state index in [1.54, 1.807) is 0 Å². The quantitative estimate of drug-likeness (QED) is 0.389. The first-order chi connectivity index (χ1) is 5.04. The summed E-state index contributed by atoms with van der Waals surface area (Å²) in [5.74, 6) is -0.886. The third-order valence-electron chi connectivity index (χ3n) is 1.63. The van der Waals surface area contributed by atoms with Gasteiger partial charge in [-0.15, -0.1) is 0 Å². The Kier molecular flexibility index (Phi) is 2.12. The molecule has 3 N–H and O–H groups in total. The summed E-state index contributed by atoms with van der Waals surface area (Å²) in [7, 11) is 0. The topological polar surface area (TPSA) is 87.0 Å². The van der Waals surface area contributed by atoms with Crippen LogP contribution < -0.4 is 0 Å². The molecule has 0 aromatic rings. The molecule has 0 radical (unpaired) electrons. The molecule has 1 aliphatic rings. The first kappa shape index (κ1) is 8.45. The van der Waals surface area contributed by atoms with Gasteiger partial charge in [-0.3, -0.25) is 0 Å². The van der Waals surface area contributed by atoms with Gasteiger partial charge < -0.3 is 20.1 Å². The van der Waals surface area contributed by atoms with Crippen LogP contribution in [0.2, 0.25) is 0 Å². The first-order valence-corrected chi connectivity index (χ1v) is 3.28. The summed E-state index contributed by atoms with van der Waals surface area (Å²) in [6, 6.07) is 0. The number of carbonyl (C=O) groups excluding carboxylic acids is 1. The smallest absolute Gasteiger partial charge is 0.338 e. The maximum atomic E-state index is 10.6. The predicted molar refractivity (Wildman–Crippen MR) is 33.6 cm³/mol. The number of cyclic esters (lactones) is 1. The van der Waals surface area contributed by atoms with Crippen LogP contribution in [0.15, 0.2) is 0 Å². The van der Waals surface area contributed by atoms with Gasteiger partial charge in [-0.05, 0) is 6.92 Å². The normalized spacial score (nSPS) is 40.4. The van der Waals surface area contributed by atoms with E-state index in [-0.39, 0.29) is 0 Å². The van der Waals surface area contributed by atoms with Gasteiger partial charge in [-0.25, -0.2) is 4.79 Å². The van der Waals surface area contributed by atoms with E-state index in [0.29, 0.717) is 0 Å². The van der Waals surface area contributed by atoms with Crippen molar-refractivity contribution >= 4 is 5.97 Å². The maximum Gasteiger partial charge on any atom is 0.338 e. The lowest BCUT2D eigenvalue weighted by atomic mass is 10.1. The molecule has 1 saturated heterocycles. The van der Waals surface area contributed by atoms with Gasteiger partial charge >= 0.3 is 5.97 Å². The molecule has 0 unspecified atom stereocenters. The minimum atomic E-state index is -1.52. The molecule has 1 rings (SSSR count). The third kappa shape index (κ3) is 1.35. The zero-order valence-electron chi connectivity index (χ0n) is 5.97. The third-order valence-corrected chi connectivity index (χ3v) is 1.63. The molecule has 64 valence electrons. The number of rotatable bonds is 1. The molecule has 4 atom stereocenters. The van der Waals surface area contributed by atoms with Crippen molar-refractivity contribution in [2.45, 2.75) is 31.3 Å². The molecular weight excluding hydrogens is 152 g/mol. The molecule has 11 heavy (non-hydrogen) atoms. The number of aliphatic hydroxyl groups excluding tert-OH is 3. The SMILES string of the molecule is C[C@@H](O)[C@H]1OC(=O)[C@@H](O)[C@H]1O. The van der Waals surface area contributed by atoms with Crippen LogP contribution in [0.3, 0.4) is 0 Å². The van der Waals surface area contributed by atoms with Gasteiger partial charge in [-0.1, -0.05) is 0 Å². The van der Waals surface area contributed by atoms with E-state index in [1.807, 2.05) is 0 Å². The molecule has 0 amide bonds. The molecule has 1 heterocycles. The van der Waals surface area contributed by atoms with Crippen LogP contribution in [0.25, 0.3) is 0 Å². The van der Waals surface area contributed by atoms with Crippen molar-refractivity contribution in [3.63, 3.8) is 0 Å². The fraction of sp³-hybridized carbons (Fsp3) is 0.833. The van der Waals surface area contributed by atoms with Crippen LogP contribution in [0.1, 0.15) is 6.92 Å². The minimum absolute atomic E-state index is 0.886. The zero-order chi connectivity index (χ0) is 8.59. The number of ether oxygens (including phenoxy) is 1. The minimum Gasteiger partial charge on any atom is -0.455 e. The summed E-state index contributed by atoms with van der Waals surface area (Å²) in [5.41, 5.74) is 0. The predicted octanol–water partition coefficient (Wildman–Crippen LogP) is -1.99. The highest BCUT2D eigenvalue weighted by Gasteiger charge is 2.44. The highest BCUT2D eigenvalue weighted by molar-refractivity contribution is 5.77. The van der Waals surface area contributed by atoms with Gasteiger partial charge in [0.05, 0.1) is 6.10 Å². The molecule has 0 aliphatic carbocycles. The molecule has 0 aromatic carbocycles. The van der Waals surface area contributed by atoms with Crippen molar-refractivity contribution in [3.05, 3.63) is 0 Å². The van der Waals surface area contributed by atoms with Crippen LogP contribution in [-0.2, 0) is 9.53 Å². The second kappa shape index (κ2) is 2.77. The Bertz CT molecular complexity index is 166. The first-order valence-electron chi connectivity index (χ1n) is 3.28. The number of aliphatic hydroxyl groups is 3. The van der Waals surface area contributed by atoms with Crippen molar-refractivity contribution < 1.29 is 24.9 Å². The van der Waals surface area contributed by atoms with E-state index < -0.39 is 30.4 Å². The van der Waals surface area contributed by atoms with Gasteiger partial charge in [0.15, 0.2) is 12.2 Å². The molecule has 0 bridgehead atoms. The Labute approximate surface area is 63.2 Å². The molecule has 0 spiro atoms. The van der Waals surface area contributed by atoms with Crippen LogP contribution >= 0.6 is 0 Å². The highest BCUT2D eigenvalue weighted by atomic mass is 16.6. The zero-order valence-corrected chi connectivity index (χ0v) is 5.97. The summed E-state index contributed by atoms with van der Waals surface area (Å²) in [5, 5.41) is 26.8. The summed E-state index contributed by atoms with van der Waals surface area (Å²) < 4.78 is 4.46. The summed E-state index contributed by atoms with van der Waals surface area (Å²) in [6.45, 7) is 1.37.